The molecule has 1 N–H and O–H groups in total. The van der Waals surface area contributed by atoms with Crippen LogP contribution in [0.3, 0.4) is 0 Å². The average Bonchev–Trinajstić information content (AvgIpc) is 2.69. The van der Waals surface area contributed by atoms with E-state index in [0.29, 0.717) is 12.8 Å². The number of rotatable bonds is 5. The van der Waals surface area contributed by atoms with E-state index in [1.807, 2.05) is 30.5 Å². The summed E-state index contributed by atoms with van der Waals surface area (Å²) in [4.78, 5) is 13.3. The smallest absolute Gasteiger partial charge is 0.245 e. The zero-order valence-corrected chi connectivity index (χ0v) is 16.5. The summed E-state index contributed by atoms with van der Waals surface area (Å²) in [6.07, 6.45) is 2.79. The van der Waals surface area contributed by atoms with E-state index in [9.17, 15) is 17.6 Å². The van der Waals surface area contributed by atoms with Crippen molar-refractivity contribution in [2.75, 3.05) is 24.7 Å². The minimum atomic E-state index is -3.88. The Kier molecular flexibility index (Phi) is 6.18. The topological polar surface area (TPSA) is 66.5 Å². The maximum atomic E-state index is 13.9. The molecule has 5 nitrogen and oxygen atoms in total. The van der Waals surface area contributed by atoms with Crippen molar-refractivity contribution in [3.05, 3.63) is 54.3 Å². The van der Waals surface area contributed by atoms with Gasteiger partial charge in [-0.25, -0.2) is 12.8 Å². The predicted molar refractivity (Wildman–Crippen MR) is 105 cm³/mol. The number of nitrogens with zero attached hydrogens (tertiary/aromatic N) is 1. The minimum Gasteiger partial charge on any atom is -0.326 e. The Morgan fingerprint density at radius 2 is 1.74 bits per heavy atom. The van der Waals surface area contributed by atoms with Crippen LogP contribution in [0.25, 0.3) is 0 Å². The number of hydrogen-bond donors (Lipinski definition) is 1. The normalized spacial score (nSPS) is 16.2. The molecule has 1 aliphatic rings. The van der Waals surface area contributed by atoms with Crippen LogP contribution in [0.4, 0.5) is 10.1 Å². The molecular formula is C19H21FN2O3S2. The molecule has 8 heteroatoms. The molecule has 0 saturated carbocycles. The Morgan fingerprint density at radius 3 is 2.33 bits per heavy atom. The van der Waals surface area contributed by atoms with E-state index in [1.165, 1.54) is 22.5 Å². The van der Waals surface area contributed by atoms with Gasteiger partial charge in [-0.1, -0.05) is 12.1 Å². The molecule has 2 aromatic rings. The first-order valence-corrected chi connectivity index (χ1v) is 11.3. The zero-order chi connectivity index (χ0) is 19.4. The Balaban J connectivity index is 1.61. The second-order valence-corrected chi connectivity index (χ2v) is 9.11. The highest BCUT2D eigenvalue weighted by Crippen LogP contribution is 2.26. The Bertz CT molecular complexity index is 909. The van der Waals surface area contributed by atoms with Gasteiger partial charge in [0, 0.05) is 29.6 Å². The Morgan fingerprint density at radius 1 is 1.11 bits per heavy atom. The summed E-state index contributed by atoms with van der Waals surface area (Å²) >= 11 is 1.62. The molecule has 0 atom stereocenters. The third kappa shape index (κ3) is 4.51. The summed E-state index contributed by atoms with van der Waals surface area (Å²) in [5.41, 5.74) is 0.721. The van der Waals surface area contributed by atoms with Crippen molar-refractivity contribution in [1.82, 2.24) is 4.31 Å². The summed E-state index contributed by atoms with van der Waals surface area (Å²) in [5.74, 6) is -1.14. The molecule has 0 aromatic heterocycles. The van der Waals surface area contributed by atoms with Crippen LogP contribution < -0.4 is 5.32 Å². The van der Waals surface area contributed by atoms with Crippen LogP contribution in [-0.2, 0) is 14.8 Å². The van der Waals surface area contributed by atoms with Crippen LogP contribution >= 0.6 is 11.8 Å². The number of amides is 1. The predicted octanol–water partition coefficient (Wildman–Crippen LogP) is 3.59. The van der Waals surface area contributed by atoms with Crippen LogP contribution in [0.1, 0.15) is 12.8 Å². The van der Waals surface area contributed by atoms with Crippen LogP contribution in [0.5, 0.6) is 0 Å². The molecule has 3 rings (SSSR count). The maximum Gasteiger partial charge on any atom is 0.245 e. The standard InChI is InChI=1S/C19H21FN2O3S2/c1-26-16-8-6-15(7-9-16)21-19(23)14-10-12-22(13-11-14)27(24,25)18-5-3-2-4-17(18)20/h2-9,14H,10-13H2,1H3,(H,21,23). The van der Waals surface area contributed by atoms with Crippen molar-refractivity contribution >= 4 is 33.4 Å². The molecule has 0 aliphatic carbocycles. The number of benzene rings is 2. The molecule has 2 aromatic carbocycles. The highest BCUT2D eigenvalue weighted by molar-refractivity contribution is 7.98. The largest absolute Gasteiger partial charge is 0.326 e. The monoisotopic (exact) mass is 408 g/mol. The van der Waals surface area contributed by atoms with Gasteiger partial charge in [-0.3, -0.25) is 4.79 Å². The van der Waals surface area contributed by atoms with Gasteiger partial charge in [-0.15, -0.1) is 11.8 Å². The molecule has 0 bridgehead atoms. The van der Waals surface area contributed by atoms with E-state index in [0.717, 1.165) is 16.6 Å². The van der Waals surface area contributed by atoms with Gasteiger partial charge in [0.25, 0.3) is 0 Å². The molecule has 1 amide bonds. The van der Waals surface area contributed by atoms with Crippen molar-refractivity contribution in [3.8, 4) is 0 Å². The van der Waals surface area contributed by atoms with Crippen molar-refractivity contribution in [3.63, 3.8) is 0 Å². The summed E-state index contributed by atoms with van der Waals surface area (Å²) in [6, 6.07) is 12.9. The van der Waals surface area contributed by atoms with Gasteiger partial charge in [-0.05, 0) is 55.5 Å². The SMILES string of the molecule is CSc1ccc(NC(=O)C2CCN(S(=O)(=O)c3ccccc3F)CC2)cc1. The third-order valence-corrected chi connectivity index (χ3v) is 7.31. The second-order valence-electron chi connectivity index (χ2n) is 6.33. The number of piperidine rings is 1. The lowest BCUT2D eigenvalue weighted by Crippen LogP contribution is -2.41. The summed E-state index contributed by atoms with van der Waals surface area (Å²) < 4.78 is 40.4. The van der Waals surface area contributed by atoms with Gasteiger partial charge in [-0.2, -0.15) is 4.31 Å². The fraction of sp³-hybridized carbons (Fsp3) is 0.316. The first-order chi connectivity index (χ1) is 12.9. The molecule has 0 spiro atoms. The first kappa shape index (κ1) is 19.9. The van der Waals surface area contributed by atoms with E-state index >= 15 is 0 Å². The molecule has 144 valence electrons. The van der Waals surface area contributed by atoms with Crippen LogP contribution in [0.15, 0.2) is 58.3 Å². The van der Waals surface area contributed by atoms with Crippen LogP contribution in [-0.4, -0.2) is 38.0 Å². The van der Waals surface area contributed by atoms with E-state index < -0.39 is 15.8 Å². The van der Waals surface area contributed by atoms with E-state index in [2.05, 4.69) is 5.32 Å². The fourth-order valence-electron chi connectivity index (χ4n) is 3.07. The molecule has 27 heavy (non-hydrogen) atoms. The third-order valence-electron chi connectivity index (χ3n) is 4.64. The van der Waals surface area contributed by atoms with Gasteiger partial charge in [0.15, 0.2) is 0 Å². The lowest BCUT2D eigenvalue weighted by atomic mass is 9.97. The Hall–Kier alpha value is -1.90. The number of sulfonamides is 1. The molecular weight excluding hydrogens is 387 g/mol. The summed E-state index contributed by atoms with van der Waals surface area (Å²) in [5, 5.41) is 2.88. The second kappa shape index (κ2) is 8.41. The number of nitrogens with one attached hydrogen (secondary N) is 1. The quantitative estimate of drug-likeness (QED) is 0.768. The molecule has 0 unspecified atom stereocenters. The highest BCUT2D eigenvalue weighted by Gasteiger charge is 2.33. The van der Waals surface area contributed by atoms with Crippen molar-refractivity contribution in [1.29, 1.82) is 0 Å². The number of thioether (sulfide) groups is 1. The fourth-order valence-corrected chi connectivity index (χ4v) is 5.01. The number of carbonyl (C=O) groups excluding carboxylic acids is 1. The van der Waals surface area contributed by atoms with Gasteiger partial charge in [0.2, 0.25) is 15.9 Å². The first-order valence-electron chi connectivity index (χ1n) is 8.61. The minimum absolute atomic E-state index is 0.116. The van der Waals surface area contributed by atoms with Gasteiger partial charge >= 0.3 is 0 Å². The van der Waals surface area contributed by atoms with Crippen LogP contribution in [0.2, 0.25) is 0 Å². The number of hydrogen-bond acceptors (Lipinski definition) is 4. The lowest BCUT2D eigenvalue weighted by molar-refractivity contribution is -0.120. The maximum absolute atomic E-state index is 13.9. The molecule has 1 fully saturated rings. The van der Waals surface area contributed by atoms with Crippen LogP contribution in [0, 0.1) is 11.7 Å². The van der Waals surface area contributed by atoms with Crippen molar-refractivity contribution in [2.45, 2.75) is 22.6 Å². The van der Waals surface area contributed by atoms with E-state index in [-0.39, 0.29) is 29.8 Å². The molecule has 1 aliphatic heterocycles. The number of halogens is 1. The van der Waals surface area contributed by atoms with Gasteiger partial charge in [0.1, 0.15) is 10.7 Å². The number of carbonyl (C=O) groups is 1. The van der Waals surface area contributed by atoms with Crippen molar-refractivity contribution in [2.24, 2.45) is 5.92 Å². The Labute approximate surface area is 163 Å². The van der Waals surface area contributed by atoms with Crippen molar-refractivity contribution < 1.29 is 17.6 Å². The van der Waals surface area contributed by atoms with Gasteiger partial charge in [0.05, 0.1) is 0 Å². The van der Waals surface area contributed by atoms with Gasteiger partial charge < -0.3 is 5.32 Å². The van der Waals surface area contributed by atoms with E-state index in [1.54, 1.807) is 11.8 Å². The zero-order valence-electron chi connectivity index (χ0n) is 14.9. The molecule has 1 heterocycles. The number of anilines is 1. The molecule has 0 radical (unpaired) electrons. The summed E-state index contributed by atoms with van der Waals surface area (Å²) in [6.45, 7) is 0.389. The molecule has 1 saturated heterocycles. The lowest BCUT2D eigenvalue weighted by Gasteiger charge is -2.30. The highest BCUT2D eigenvalue weighted by atomic mass is 32.2. The summed E-state index contributed by atoms with van der Waals surface area (Å²) in [7, 11) is -3.88. The van der Waals surface area contributed by atoms with E-state index in [4.69, 9.17) is 0 Å². The average molecular weight is 409 g/mol.